The van der Waals surface area contributed by atoms with E-state index in [-0.39, 0.29) is 11.7 Å². The molecule has 0 amide bonds. The molecule has 0 radical (unpaired) electrons. The highest BCUT2D eigenvalue weighted by molar-refractivity contribution is 7.13. The van der Waals surface area contributed by atoms with E-state index < -0.39 is 5.97 Å². The van der Waals surface area contributed by atoms with Crippen LogP contribution in [-0.2, 0) is 9.47 Å². The van der Waals surface area contributed by atoms with Crippen LogP contribution in [0, 0.1) is 0 Å². The molecule has 0 spiro atoms. The Morgan fingerprint density at radius 2 is 2.55 bits per heavy atom. The Bertz CT molecular complexity index is 588. The Labute approximate surface area is 120 Å². The van der Waals surface area contributed by atoms with Crippen LogP contribution < -0.4 is 0 Å². The number of hydrogen-bond donors (Lipinski definition) is 0. The molecule has 2 aromatic heterocycles. The van der Waals surface area contributed by atoms with E-state index in [1.165, 1.54) is 0 Å². The Kier molecular flexibility index (Phi) is 3.79. The first kappa shape index (κ1) is 13.3. The van der Waals surface area contributed by atoms with Gasteiger partial charge < -0.3 is 9.47 Å². The first-order chi connectivity index (χ1) is 9.81. The lowest BCUT2D eigenvalue weighted by Gasteiger charge is -2.11. The van der Waals surface area contributed by atoms with Crippen molar-refractivity contribution in [3.8, 4) is 10.6 Å². The Morgan fingerprint density at radius 1 is 1.65 bits per heavy atom. The summed E-state index contributed by atoms with van der Waals surface area (Å²) in [5.74, 6) is -0.430. The fourth-order valence-electron chi connectivity index (χ4n) is 2.24. The quantitative estimate of drug-likeness (QED) is 0.808. The summed E-state index contributed by atoms with van der Waals surface area (Å²) in [6.45, 7) is 3.41. The van der Waals surface area contributed by atoms with Crippen molar-refractivity contribution in [3.63, 3.8) is 0 Å². The predicted octanol–water partition coefficient (Wildman–Crippen LogP) is 2.14. The molecule has 7 heteroatoms. The first-order valence-corrected chi connectivity index (χ1v) is 7.43. The number of aromatic nitrogens is 3. The van der Waals surface area contributed by atoms with Gasteiger partial charge in [0.25, 0.3) is 0 Å². The average Bonchev–Trinajstić information content (AvgIpc) is 3.19. The maximum atomic E-state index is 12.0. The third-order valence-electron chi connectivity index (χ3n) is 3.17. The summed E-state index contributed by atoms with van der Waals surface area (Å²) in [6.07, 6.45) is 0.879. The van der Waals surface area contributed by atoms with Crippen LogP contribution >= 0.6 is 11.3 Å². The minimum atomic E-state index is -0.430. The molecule has 1 aliphatic heterocycles. The third kappa shape index (κ3) is 2.34. The minimum absolute atomic E-state index is 0.128. The van der Waals surface area contributed by atoms with Crippen molar-refractivity contribution in [3.05, 3.63) is 23.2 Å². The lowest BCUT2D eigenvalue weighted by molar-refractivity contribution is 0.0520. The molecule has 1 unspecified atom stereocenters. The van der Waals surface area contributed by atoms with Gasteiger partial charge in [0.15, 0.2) is 5.69 Å². The van der Waals surface area contributed by atoms with Gasteiger partial charge in [-0.2, -0.15) is 0 Å². The highest BCUT2D eigenvalue weighted by Crippen LogP contribution is 2.31. The van der Waals surface area contributed by atoms with Gasteiger partial charge >= 0.3 is 5.97 Å². The molecule has 0 N–H and O–H groups in total. The summed E-state index contributed by atoms with van der Waals surface area (Å²) in [5.41, 5.74) is 1.01. The van der Waals surface area contributed by atoms with E-state index in [0.717, 1.165) is 17.0 Å². The monoisotopic (exact) mass is 293 g/mol. The van der Waals surface area contributed by atoms with Crippen LogP contribution in [-0.4, -0.2) is 40.8 Å². The minimum Gasteiger partial charge on any atom is -0.461 e. The Morgan fingerprint density at radius 3 is 3.20 bits per heavy atom. The second-order valence-electron chi connectivity index (χ2n) is 4.45. The molecule has 20 heavy (non-hydrogen) atoms. The zero-order valence-corrected chi connectivity index (χ0v) is 11.9. The number of nitrogens with zero attached hydrogens (tertiary/aromatic N) is 3. The Hall–Kier alpha value is -1.73. The van der Waals surface area contributed by atoms with Gasteiger partial charge in [0.1, 0.15) is 5.69 Å². The maximum Gasteiger partial charge on any atom is 0.361 e. The number of hydrogen-bond acceptors (Lipinski definition) is 6. The van der Waals surface area contributed by atoms with Gasteiger partial charge in [-0.15, -0.1) is 16.4 Å². The molecule has 2 aromatic rings. The van der Waals surface area contributed by atoms with E-state index in [1.807, 2.05) is 17.5 Å². The lowest BCUT2D eigenvalue weighted by Crippen LogP contribution is -2.13. The average molecular weight is 293 g/mol. The van der Waals surface area contributed by atoms with Crippen LogP contribution in [0.2, 0.25) is 0 Å². The zero-order valence-electron chi connectivity index (χ0n) is 11.1. The van der Waals surface area contributed by atoms with Crippen molar-refractivity contribution in [1.82, 2.24) is 15.0 Å². The van der Waals surface area contributed by atoms with E-state index >= 15 is 0 Å². The number of ether oxygens (including phenoxy) is 2. The van der Waals surface area contributed by atoms with Crippen LogP contribution in [0.3, 0.4) is 0 Å². The van der Waals surface area contributed by atoms with Crippen molar-refractivity contribution in [2.75, 3.05) is 19.8 Å². The number of carbonyl (C=O) groups is 1. The molecule has 0 bridgehead atoms. The summed E-state index contributed by atoms with van der Waals surface area (Å²) in [4.78, 5) is 13.0. The number of carbonyl (C=O) groups excluding carboxylic acids is 1. The molecule has 6 nitrogen and oxygen atoms in total. The SMILES string of the molecule is CCOC(=O)c1nnn(C2CCOC2)c1-c1cccs1. The summed E-state index contributed by atoms with van der Waals surface area (Å²) >= 11 is 1.55. The predicted molar refractivity (Wildman–Crippen MR) is 73.8 cm³/mol. The molecule has 106 valence electrons. The molecule has 1 saturated heterocycles. The van der Waals surface area contributed by atoms with Crippen molar-refractivity contribution < 1.29 is 14.3 Å². The number of esters is 1. The Balaban J connectivity index is 2.04. The van der Waals surface area contributed by atoms with E-state index in [4.69, 9.17) is 9.47 Å². The van der Waals surface area contributed by atoms with E-state index in [2.05, 4.69) is 10.3 Å². The van der Waals surface area contributed by atoms with Gasteiger partial charge in [-0.3, -0.25) is 0 Å². The summed E-state index contributed by atoms with van der Waals surface area (Å²) in [5, 5.41) is 10.1. The molecule has 0 saturated carbocycles. The largest absolute Gasteiger partial charge is 0.461 e. The summed E-state index contributed by atoms with van der Waals surface area (Å²) in [7, 11) is 0. The van der Waals surface area contributed by atoms with Crippen LogP contribution in [0.25, 0.3) is 10.6 Å². The molecule has 3 rings (SSSR count). The highest BCUT2D eigenvalue weighted by atomic mass is 32.1. The van der Waals surface area contributed by atoms with Crippen LogP contribution in [0.1, 0.15) is 29.9 Å². The summed E-state index contributed by atoms with van der Waals surface area (Å²) < 4.78 is 12.3. The molecule has 1 atom stereocenters. The first-order valence-electron chi connectivity index (χ1n) is 6.55. The van der Waals surface area contributed by atoms with E-state index in [9.17, 15) is 4.79 Å². The van der Waals surface area contributed by atoms with Gasteiger partial charge in [-0.25, -0.2) is 9.48 Å². The number of thiophene rings is 1. The molecule has 0 aliphatic carbocycles. The van der Waals surface area contributed by atoms with Crippen molar-refractivity contribution in [1.29, 1.82) is 0 Å². The lowest BCUT2D eigenvalue weighted by atomic mass is 10.2. The van der Waals surface area contributed by atoms with Crippen LogP contribution in [0.4, 0.5) is 0 Å². The fourth-order valence-corrected chi connectivity index (χ4v) is 3.01. The molecule has 1 fully saturated rings. The maximum absolute atomic E-state index is 12.0. The van der Waals surface area contributed by atoms with Crippen LogP contribution in [0.15, 0.2) is 17.5 Å². The standard InChI is InChI=1S/C13H15N3O3S/c1-2-19-13(17)11-12(10-4-3-7-20-10)16(15-14-11)9-5-6-18-8-9/h3-4,7,9H,2,5-6,8H2,1H3. The fraction of sp³-hybridized carbons (Fsp3) is 0.462. The topological polar surface area (TPSA) is 66.2 Å². The highest BCUT2D eigenvalue weighted by Gasteiger charge is 2.28. The smallest absolute Gasteiger partial charge is 0.361 e. The van der Waals surface area contributed by atoms with E-state index in [1.54, 1.807) is 22.9 Å². The van der Waals surface area contributed by atoms with Gasteiger partial charge in [0.05, 0.1) is 24.1 Å². The molecule has 1 aliphatic rings. The molecular formula is C13H15N3O3S. The van der Waals surface area contributed by atoms with Crippen molar-refractivity contribution >= 4 is 17.3 Å². The van der Waals surface area contributed by atoms with Gasteiger partial charge in [0.2, 0.25) is 0 Å². The van der Waals surface area contributed by atoms with Gasteiger partial charge in [-0.05, 0) is 24.8 Å². The van der Waals surface area contributed by atoms with Gasteiger partial charge in [-0.1, -0.05) is 11.3 Å². The van der Waals surface area contributed by atoms with Crippen LogP contribution in [0.5, 0.6) is 0 Å². The second kappa shape index (κ2) is 5.72. The molecule has 3 heterocycles. The van der Waals surface area contributed by atoms with E-state index in [0.29, 0.717) is 19.8 Å². The second-order valence-corrected chi connectivity index (χ2v) is 5.39. The zero-order chi connectivity index (χ0) is 13.9. The normalized spacial score (nSPS) is 18.4. The molecule has 0 aromatic carbocycles. The van der Waals surface area contributed by atoms with Crippen molar-refractivity contribution in [2.24, 2.45) is 0 Å². The molecular weight excluding hydrogens is 278 g/mol. The summed E-state index contributed by atoms with van der Waals surface area (Å²) in [6, 6.07) is 4.03. The van der Waals surface area contributed by atoms with Gasteiger partial charge in [0, 0.05) is 6.61 Å². The van der Waals surface area contributed by atoms with Crippen molar-refractivity contribution in [2.45, 2.75) is 19.4 Å². The third-order valence-corrected chi connectivity index (χ3v) is 4.05. The number of rotatable bonds is 4.